The molecule has 0 aromatic heterocycles. The van der Waals surface area contributed by atoms with Gasteiger partial charge < -0.3 is 10.6 Å². The molecule has 1 aliphatic rings. The fourth-order valence-corrected chi connectivity index (χ4v) is 4.30. The lowest BCUT2D eigenvalue weighted by Gasteiger charge is -2.16. The number of rotatable bonds is 4. The van der Waals surface area contributed by atoms with Gasteiger partial charge in [-0.05, 0) is 25.0 Å². The highest BCUT2D eigenvalue weighted by Crippen LogP contribution is 2.19. The monoisotopic (exact) mass is 347 g/mol. The fraction of sp³-hybridized carbons (Fsp3) is 0.500. The summed E-state index contributed by atoms with van der Waals surface area (Å²) in [5, 5.41) is 6.51. The minimum atomic E-state index is -2.94. The van der Waals surface area contributed by atoms with E-state index in [9.17, 15) is 12.8 Å². The molecule has 0 spiro atoms. The molecule has 2 rings (SSSR count). The molecule has 1 unspecified atom stereocenters. The highest BCUT2D eigenvalue weighted by Gasteiger charge is 2.28. The standard InChI is InChI=1S/C14H19ClFN3O2S/c1-17-14(19-10-6-8-22(20,21)9-10)18-7-5-11-12(15)3-2-4-13(11)16/h2-4,10H,5-9H2,1H3,(H2,17,18,19). The van der Waals surface area contributed by atoms with Crippen LogP contribution in [0.15, 0.2) is 23.2 Å². The Balaban J connectivity index is 1.85. The van der Waals surface area contributed by atoms with Crippen molar-refractivity contribution in [2.24, 2.45) is 4.99 Å². The van der Waals surface area contributed by atoms with Gasteiger partial charge in [0.15, 0.2) is 15.8 Å². The summed E-state index contributed by atoms with van der Waals surface area (Å²) in [7, 11) is -1.33. The first-order chi connectivity index (χ1) is 10.4. The van der Waals surface area contributed by atoms with E-state index in [1.54, 1.807) is 19.2 Å². The summed E-state index contributed by atoms with van der Waals surface area (Å²) in [5.41, 5.74) is 0.454. The molecule has 122 valence electrons. The van der Waals surface area contributed by atoms with Gasteiger partial charge >= 0.3 is 0 Å². The molecule has 1 atom stereocenters. The molecular weight excluding hydrogens is 329 g/mol. The second kappa shape index (κ2) is 7.28. The number of benzene rings is 1. The van der Waals surface area contributed by atoms with Crippen molar-refractivity contribution in [3.63, 3.8) is 0 Å². The smallest absolute Gasteiger partial charge is 0.191 e. The van der Waals surface area contributed by atoms with Crippen LogP contribution in [0, 0.1) is 5.82 Å². The van der Waals surface area contributed by atoms with E-state index in [0.29, 0.717) is 35.9 Å². The first-order valence-electron chi connectivity index (χ1n) is 7.02. The number of nitrogens with one attached hydrogen (secondary N) is 2. The van der Waals surface area contributed by atoms with Crippen LogP contribution in [0.2, 0.25) is 5.02 Å². The Hall–Kier alpha value is -1.34. The zero-order valence-corrected chi connectivity index (χ0v) is 13.8. The molecule has 0 radical (unpaired) electrons. The van der Waals surface area contributed by atoms with E-state index >= 15 is 0 Å². The lowest BCUT2D eigenvalue weighted by atomic mass is 10.1. The van der Waals surface area contributed by atoms with Gasteiger partial charge in [0.25, 0.3) is 0 Å². The molecule has 0 bridgehead atoms. The molecule has 1 aromatic rings. The van der Waals surface area contributed by atoms with Crippen LogP contribution < -0.4 is 10.6 Å². The van der Waals surface area contributed by atoms with Gasteiger partial charge in [-0.25, -0.2) is 12.8 Å². The van der Waals surface area contributed by atoms with E-state index in [0.717, 1.165) is 0 Å². The van der Waals surface area contributed by atoms with Gasteiger partial charge in [0.1, 0.15) is 5.82 Å². The van der Waals surface area contributed by atoms with Crippen LogP contribution in [0.1, 0.15) is 12.0 Å². The fourth-order valence-electron chi connectivity index (χ4n) is 2.37. The number of sulfone groups is 1. The van der Waals surface area contributed by atoms with Crippen molar-refractivity contribution in [3.8, 4) is 0 Å². The van der Waals surface area contributed by atoms with E-state index in [1.165, 1.54) is 6.07 Å². The molecule has 22 heavy (non-hydrogen) atoms. The Labute approximate surface area is 134 Å². The number of guanidine groups is 1. The largest absolute Gasteiger partial charge is 0.356 e. The van der Waals surface area contributed by atoms with Crippen molar-refractivity contribution in [2.75, 3.05) is 25.1 Å². The second-order valence-corrected chi connectivity index (χ2v) is 7.83. The molecule has 1 saturated heterocycles. The average Bonchev–Trinajstić information content (AvgIpc) is 2.80. The number of halogens is 2. The molecule has 1 aromatic carbocycles. The summed E-state index contributed by atoms with van der Waals surface area (Å²) in [5.74, 6) is 0.494. The summed E-state index contributed by atoms with van der Waals surface area (Å²) >= 11 is 5.97. The average molecular weight is 348 g/mol. The summed E-state index contributed by atoms with van der Waals surface area (Å²) in [6.45, 7) is 0.444. The maximum atomic E-state index is 13.6. The number of hydrogen-bond acceptors (Lipinski definition) is 3. The van der Waals surface area contributed by atoms with E-state index in [1.807, 2.05) is 0 Å². The van der Waals surface area contributed by atoms with Crippen LogP contribution in [0.3, 0.4) is 0 Å². The molecule has 0 saturated carbocycles. The number of aliphatic imine (C=N–C) groups is 1. The summed E-state index contributed by atoms with van der Waals surface area (Å²) in [6, 6.07) is 4.46. The van der Waals surface area contributed by atoms with E-state index in [4.69, 9.17) is 11.6 Å². The Morgan fingerprint density at radius 3 is 2.86 bits per heavy atom. The quantitative estimate of drug-likeness (QED) is 0.637. The lowest BCUT2D eigenvalue weighted by molar-refractivity contribution is 0.598. The lowest BCUT2D eigenvalue weighted by Crippen LogP contribution is -2.44. The Bertz CT molecular complexity index is 644. The second-order valence-electron chi connectivity index (χ2n) is 5.19. The summed E-state index contributed by atoms with van der Waals surface area (Å²) in [4.78, 5) is 4.05. The van der Waals surface area contributed by atoms with Crippen LogP contribution in [-0.2, 0) is 16.3 Å². The van der Waals surface area contributed by atoms with Crippen molar-refractivity contribution in [1.82, 2.24) is 10.6 Å². The first kappa shape index (κ1) is 17.0. The Morgan fingerprint density at radius 2 is 2.27 bits per heavy atom. The first-order valence-corrected chi connectivity index (χ1v) is 9.22. The van der Waals surface area contributed by atoms with Crippen molar-refractivity contribution >= 4 is 27.4 Å². The minimum Gasteiger partial charge on any atom is -0.356 e. The highest BCUT2D eigenvalue weighted by atomic mass is 35.5. The van der Waals surface area contributed by atoms with E-state index < -0.39 is 9.84 Å². The van der Waals surface area contributed by atoms with Gasteiger partial charge in [0.05, 0.1) is 11.5 Å². The van der Waals surface area contributed by atoms with Crippen LogP contribution in [0.25, 0.3) is 0 Å². The predicted octanol–water partition coefficient (Wildman–Crippen LogP) is 1.37. The van der Waals surface area contributed by atoms with Crippen LogP contribution >= 0.6 is 11.6 Å². The number of hydrogen-bond donors (Lipinski definition) is 2. The van der Waals surface area contributed by atoms with Crippen molar-refractivity contribution in [1.29, 1.82) is 0 Å². The van der Waals surface area contributed by atoms with Crippen molar-refractivity contribution < 1.29 is 12.8 Å². The van der Waals surface area contributed by atoms with Gasteiger partial charge in [-0.2, -0.15) is 0 Å². The topological polar surface area (TPSA) is 70.6 Å². The SMILES string of the molecule is CN=C(NCCc1c(F)cccc1Cl)NC1CCS(=O)(=O)C1. The Morgan fingerprint density at radius 1 is 1.50 bits per heavy atom. The van der Waals surface area contributed by atoms with Crippen LogP contribution in [0.4, 0.5) is 4.39 Å². The maximum Gasteiger partial charge on any atom is 0.191 e. The molecule has 0 aliphatic carbocycles. The third-order valence-electron chi connectivity index (χ3n) is 3.53. The van der Waals surface area contributed by atoms with E-state index in [-0.39, 0.29) is 23.4 Å². The van der Waals surface area contributed by atoms with Crippen molar-refractivity contribution in [2.45, 2.75) is 18.9 Å². The summed E-state index contributed by atoms with van der Waals surface area (Å²) < 4.78 is 36.5. The molecule has 0 amide bonds. The zero-order chi connectivity index (χ0) is 16.2. The molecular formula is C14H19ClFN3O2S. The van der Waals surface area contributed by atoms with E-state index in [2.05, 4.69) is 15.6 Å². The maximum absolute atomic E-state index is 13.6. The third kappa shape index (κ3) is 4.58. The van der Waals surface area contributed by atoms with Gasteiger partial charge in [-0.3, -0.25) is 4.99 Å². The normalized spacial score (nSPS) is 20.9. The van der Waals surface area contributed by atoms with Crippen LogP contribution in [0.5, 0.6) is 0 Å². The zero-order valence-electron chi connectivity index (χ0n) is 12.3. The van der Waals surface area contributed by atoms with Gasteiger partial charge in [0, 0.05) is 30.2 Å². The third-order valence-corrected chi connectivity index (χ3v) is 5.65. The van der Waals surface area contributed by atoms with Gasteiger partial charge in [-0.1, -0.05) is 17.7 Å². The molecule has 1 aliphatic heterocycles. The molecule has 1 fully saturated rings. The van der Waals surface area contributed by atoms with Crippen LogP contribution in [-0.4, -0.2) is 45.5 Å². The summed E-state index contributed by atoms with van der Waals surface area (Å²) in [6.07, 6.45) is 0.983. The minimum absolute atomic E-state index is 0.118. The molecule has 8 heteroatoms. The van der Waals surface area contributed by atoms with Crippen molar-refractivity contribution in [3.05, 3.63) is 34.6 Å². The van der Waals surface area contributed by atoms with Gasteiger partial charge in [0.2, 0.25) is 0 Å². The van der Waals surface area contributed by atoms with Gasteiger partial charge in [-0.15, -0.1) is 0 Å². The Kier molecular flexibility index (Phi) is 5.63. The molecule has 1 heterocycles. The highest BCUT2D eigenvalue weighted by molar-refractivity contribution is 7.91. The molecule has 5 nitrogen and oxygen atoms in total. The molecule has 2 N–H and O–H groups in total. The predicted molar refractivity (Wildman–Crippen MR) is 86.7 cm³/mol. The number of nitrogens with zero attached hydrogens (tertiary/aromatic N) is 1.